The van der Waals surface area contributed by atoms with Gasteiger partial charge < -0.3 is 15.3 Å². The Labute approximate surface area is 135 Å². The fourth-order valence-electron chi connectivity index (χ4n) is 3.82. The summed E-state index contributed by atoms with van der Waals surface area (Å²) < 4.78 is 0. The normalized spacial score (nSPS) is 29.3. The predicted octanol–water partition coefficient (Wildman–Crippen LogP) is 1.21. The first-order valence-electron chi connectivity index (χ1n) is 8.85. The summed E-state index contributed by atoms with van der Waals surface area (Å²) in [4.78, 5) is 15.9. The van der Waals surface area contributed by atoms with Crippen molar-refractivity contribution in [3.63, 3.8) is 0 Å². The van der Waals surface area contributed by atoms with E-state index in [1.54, 1.807) is 4.90 Å². The van der Waals surface area contributed by atoms with Gasteiger partial charge in [0.25, 0.3) is 0 Å². The van der Waals surface area contributed by atoms with E-state index in [1.807, 2.05) is 14.1 Å². The van der Waals surface area contributed by atoms with Crippen LogP contribution in [0.2, 0.25) is 0 Å². The van der Waals surface area contributed by atoms with Gasteiger partial charge in [0.05, 0.1) is 6.10 Å². The first-order chi connectivity index (χ1) is 10.5. The monoisotopic (exact) mass is 311 g/mol. The fourth-order valence-corrected chi connectivity index (χ4v) is 3.82. The summed E-state index contributed by atoms with van der Waals surface area (Å²) >= 11 is 0. The second kappa shape index (κ2) is 8.27. The zero-order chi connectivity index (χ0) is 16.1. The third kappa shape index (κ3) is 4.93. The Balaban J connectivity index is 1.71. The molecule has 1 saturated carbocycles. The van der Waals surface area contributed by atoms with Crippen molar-refractivity contribution in [1.82, 2.24) is 15.1 Å². The van der Waals surface area contributed by atoms with Crippen molar-refractivity contribution < 1.29 is 9.90 Å². The van der Waals surface area contributed by atoms with E-state index in [4.69, 9.17) is 0 Å². The van der Waals surface area contributed by atoms with E-state index in [9.17, 15) is 9.90 Å². The van der Waals surface area contributed by atoms with Crippen molar-refractivity contribution in [1.29, 1.82) is 0 Å². The van der Waals surface area contributed by atoms with Crippen LogP contribution >= 0.6 is 0 Å². The fraction of sp³-hybridized carbons (Fsp3) is 0.941. The van der Waals surface area contributed by atoms with E-state index >= 15 is 0 Å². The third-order valence-electron chi connectivity index (χ3n) is 5.19. The van der Waals surface area contributed by atoms with Crippen molar-refractivity contribution in [2.45, 2.75) is 76.1 Å². The first-order valence-corrected chi connectivity index (χ1v) is 8.85. The Hall–Kier alpha value is -0.650. The predicted molar refractivity (Wildman–Crippen MR) is 88.8 cm³/mol. The highest BCUT2D eigenvalue weighted by Crippen LogP contribution is 2.26. The Kier molecular flexibility index (Phi) is 6.66. The van der Waals surface area contributed by atoms with Crippen LogP contribution in [0.4, 0.5) is 0 Å². The molecule has 1 aliphatic carbocycles. The smallest absolute Gasteiger partial charge is 0.223 e. The summed E-state index contributed by atoms with van der Waals surface area (Å²) in [6.07, 6.45) is 7.20. The van der Waals surface area contributed by atoms with Gasteiger partial charge in [-0.15, -0.1) is 0 Å². The zero-order valence-corrected chi connectivity index (χ0v) is 14.4. The summed E-state index contributed by atoms with van der Waals surface area (Å²) in [7, 11) is 3.62. The van der Waals surface area contributed by atoms with Gasteiger partial charge in [0.15, 0.2) is 0 Å². The van der Waals surface area contributed by atoms with Crippen LogP contribution in [-0.4, -0.2) is 72.2 Å². The van der Waals surface area contributed by atoms with Crippen molar-refractivity contribution in [2.24, 2.45) is 0 Å². The minimum absolute atomic E-state index is 0.130. The van der Waals surface area contributed by atoms with Gasteiger partial charge in [-0.3, -0.25) is 9.69 Å². The highest BCUT2D eigenvalue weighted by molar-refractivity contribution is 5.76. The van der Waals surface area contributed by atoms with Crippen molar-refractivity contribution in [3.8, 4) is 0 Å². The van der Waals surface area contributed by atoms with Gasteiger partial charge in [0.2, 0.25) is 5.91 Å². The van der Waals surface area contributed by atoms with Gasteiger partial charge in [-0.2, -0.15) is 0 Å². The molecule has 22 heavy (non-hydrogen) atoms. The first kappa shape index (κ1) is 17.7. The topological polar surface area (TPSA) is 55.8 Å². The molecule has 0 aromatic heterocycles. The highest BCUT2D eigenvalue weighted by Gasteiger charge is 2.31. The van der Waals surface area contributed by atoms with Crippen LogP contribution in [0.1, 0.15) is 51.9 Å². The quantitative estimate of drug-likeness (QED) is 0.801. The molecule has 5 heteroatoms. The standard InChI is InChI=1S/C17H33N3O2/c1-13(12-17(22)19(2)3)18-14-8-10-20(11-9-14)15-6-4-5-7-16(15)21/h13-16,18,21H,4-12H2,1-3H3. The van der Waals surface area contributed by atoms with Gasteiger partial charge >= 0.3 is 0 Å². The van der Waals surface area contributed by atoms with Crippen molar-refractivity contribution >= 4 is 5.91 Å². The van der Waals surface area contributed by atoms with Crippen LogP contribution in [0, 0.1) is 0 Å². The van der Waals surface area contributed by atoms with Crippen LogP contribution < -0.4 is 5.32 Å². The largest absolute Gasteiger partial charge is 0.391 e. The molecule has 2 rings (SSSR count). The second-order valence-corrected chi connectivity index (χ2v) is 7.29. The maximum atomic E-state index is 11.7. The summed E-state index contributed by atoms with van der Waals surface area (Å²) in [5.74, 6) is 0.183. The van der Waals surface area contributed by atoms with Crippen LogP contribution in [-0.2, 0) is 4.79 Å². The summed E-state index contributed by atoms with van der Waals surface area (Å²) in [6, 6.07) is 1.11. The zero-order valence-electron chi connectivity index (χ0n) is 14.4. The number of rotatable bonds is 5. The average Bonchev–Trinajstić information content (AvgIpc) is 2.48. The van der Waals surface area contributed by atoms with Gasteiger partial charge in [-0.25, -0.2) is 0 Å². The van der Waals surface area contributed by atoms with E-state index < -0.39 is 0 Å². The Morgan fingerprint density at radius 1 is 1.23 bits per heavy atom. The summed E-state index contributed by atoms with van der Waals surface area (Å²) in [6.45, 7) is 4.22. The summed E-state index contributed by atoms with van der Waals surface area (Å²) in [5, 5.41) is 13.8. The Morgan fingerprint density at radius 3 is 2.45 bits per heavy atom. The lowest BCUT2D eigenvalue weighted by Gasteiger charge is -2.42. The molecule has 128 valence electrons. The molecule has 3 unspecified atom stereocenters. The number of aliphatic hydroxyl groups is 1. The van der Waals surface area contributed by atoms with E-state index in [0.29, 0.717) is 18.5 Å². The number of likely N-dealkylation sites (tertiary alicyclic amines) is 1. The van der Waals surface area contributed by atoms with Gasteiger partial charge in [-0.1, -0.05) is 12.8 Å². The number of carbonyl (C=O) groups is 1. The minimum atomic E-state index is -0.130. The lowest BCUT2D eigenvalue weighted by Crippen LogP contribution is -2.52. The Bertz CT molecular complexity index is 354. The molecule has 1 amide bonds. The van der Waals surface area contributed by atoms with Crippen molar-refractivity contribution in [3.05, 3.63) is 0 Å². The average molecular weight is 311 g/mol. The van der Waals surface area contributed by atoms with Gasteiger partial charge in [0.1, 0.15) is 0 Å². The maximum absolute atomic E-state index is 11.7. The van der Waals surface area contributed by atoms with E-state index in [2.05, 4.69) is 17.1 Å². The van der Waals surface area contributed by atoms with Crippen LogP contribution in [0.5, 0.6) is 0 Å². The van der Waals surface area contributed by atoms with Gasteiger partial charge in [-0.05, 0) is 32.6 Å². The number of nitrogens with zero attached hydrogens (tertiary/aromatic N) is 2. The lowest BCUT2D eigenvalue weighted by atomic mass is 9.89. The van der Waals surface area contributed by atoms with E-state index in [1.165, 1.54) is 12.8 Å². The van der Waals surface area contributed by atoms with Gasteiger partial charge in [0, 0.05) is 51.7 Å². The molecule has 1 saturated heterocycles. The highest BCUT2D eigenvalue weighted by atomic mass is 16.3. The van der Waals surface area contributed by atoms with E-state index in [0.717, 1.165) is 38.8 Å². The Morgan fingerprint density at radius 2 is 1.86 bits per heavy atom. The number of hydrogen-bond acceptors (Lipinski definition) is 4. The van der Waals surface area contributed by atoms with Crippen molar-refractivity contribution in [2.75, 3.05) is 27.2 Å². The number of nitrogens with one attached hydrogen (secondary N) is 1. The number of hydrogen-bond donors (Lipinski definition) is 2. The molecular formula is C17H33N3O2. The molecule has 2 fully saturated rings. The maximum Gasteiger partial charge on any atom is 0.223 e. The third-order valence-corrected chi connectivity index (χ3v) is 5.19. The van der Waals surface area contributed by atoms with Crippen LogP contribution in [0.15, 0.2) is 0 Å². The number of carbonyl (C=O) groups excluding carboxylic acids is 1. The second-order valence-electron chi connectivity index (χ2n) is 7.29. The molecule has 0 radical (unpaired) electrons. The number of aliphatic hydroxyl groups excluding tert-OH is 1. The number of piperidine rings is 1. The molecule has 0 bridgehead atoms. The van der Waals surface area contributed by atoms with Crippen LogP contribution in [0.3, 0.4) is 0 Å². The molecule has 1 aliphatic heterocycles. The lowest BCUT2D eigenvalue weighted by molar-refractivity contribution is -0.129. The molecule has 5 nitrogen and oxygen atoms in total. The minimum Gasteiger partial charge on any atom is -0.391 e. The molecule has 0 aromatic rings. The number of amides is 1. The molecule has 3 atom stereocenters. The molecule has 1 heterocycles. The molecule has 2 N–H and O–H groups in total. The van der Waals surface area contributed by atoms with Crippen LogP contribution in [0.25, 0.3) is 0 Å². The molecular weight excluding hydrogens is 278 g/mol. The SMILES string of the molecule is CC(CC(=O)N(C)C)NC1CCN(C2CCCCC2O)CC1. The summed E-state index contributed by atoms with van der Waals surface area (Å²) in [5.41, 5.74) is 0. The molecule has 2 aliphatic rings. The molecule has 0 spiro atoms. The van der Waals surface area contributed by atoms with E-state index in [-0.39, 0.29) is 18.1 Å². The molecule has 0 aromatic carbocycles.